The first-order valence-electron chi connectivity index (χ1n) is 12.0. The molecule has 178 valence electrons. The molecule has 3 heterocycles. The molecular formula is C24H36N2O6. The Kier molecular flexibility index (Phi) is 6.13. The molecule has 0 aromatic heterocycles. The van der Waals surface area contributed by atoms with Gasteiger partial charge in [-0.25, -0.2) is 0 Å². The van der Waals surface area contributed by atoms with E-state index >= 15 is 0 Å². The molecule has 4 rings (SSSR count). The van der Waals surface area contributed by atoms with E-state index in [1.165, 1.54) is 4.90 Å². The Morgan fingerprint density at radius 1 is 1.31 bits per heavy atom. The van der Waals surface area contributed by atoms with Crippen molar-refractivity contribution >= 4 is 17.8 Å². The highest BCUT2D eigenvalue weighted by atomic mass is 16.5. The first-order chi connectivity index (χ1) is 15.2. The Morgan fingerprint density at radius 2 is 2.00 bits per heavy atom. The van der Waals surface area contributed by atoms with Crippen molar-refractivity contribution in [2.45, 2.75) is 82.1 Å². The maximum atomic E-state index is 14.2. The van der Waals surface area contributed by atoms with E-state index < -0.39 is 35.0 Å². The molecule has 1 saturated carbocycles. The molecule has 4 fully saturated rings. The van der Waals surface area contributed by atoms with Gasteiger partial charge in [0.05, 0.1) is 11.5 Å². The number of carbonyl (C=O) groups excluding carboxylic acids is 2. The number of carbonyl (C=O) groups is 3. The summed E-state index contributed by atoms with van der Waals surface area (Å²) in [5.74, 6) is -3.52. The van der Waals surface area contributed by atoms with Gasteiger partial charge in [0.2, 0.25) is 11.8 Å². The number of amides is 2. The van der Waals surface area contributed by atoms with Gasteiger partial charge in [-0.2, -0.15) is 0 Å². The molecule has 4 aliphatic rings. The number of aliphatic hydroxyl groups is 1. The minimum Gasteiger partial charge on any atom is -0.481 e. The molecular weight excluding hydrogens is 412 g/mol. The summed E-state index contributed by atoms with van der Waals surface area (Å²) < 4.78 is 6.51. The van der Waals surface area contributed by atoms with Crippen LogP contribution in [0.25, 0.3) is 0 Å². The minimum atomic E-state index is -1.14. The van der Waals surface area contributed by atoms with Crippen LogP contribution in [0.2, 0.25) is 0 Å². The molecule has 0 aromatic rings. The summed E-state index contributed by atoms with van der Waals surface area (Å²) in [6.07, 6.45) is 7.62. The van der Waals surface area contributed by atoms with E-state index in [0.717, 1.165) is 32.1 Å². The SMILES string of the molecule is C=CCN(C(=O)C1N(CCCO)C(=O)[C@@H]2[C@@H](C(=O)O)[C@]3(C)OC12CC3C)C1CCCCC1. The van der Waals surface area contributed by atoms with Crippen molar-refractivity contribution in [1.82, 2.24) is 9.80 Å². The van der Waals surface area contributed by atoms with E-state index in [1.54, 1.807) is 13.0 Å². The lowest BCUT2D eigenvalue weighted by Gasteiger charge is -2.41. The molecule has 8 heteroatoms. The monoisotopic (exact) mass is 448 g/mol. The molecule has 2 N–H and O–H groups in total. The predicted octanol–water partition coefficient (Wildman–Crippen LogP) is 1.81. The maximum Gasteiger partial charge on any atom is 0.310 e. The van der Waals surface area contributed by atoms with Crippen molar-refractivity contribution < 1.29 is 29.3 Å². The molecule has 0 radical (unpaired) electrons. The smallest absolute Gasteiger partial charge is 0.310 e. The summed E-state index contributed by atoms with van der Waals surface area (Å²) in [4.78, 5) is 43.4. The quantitative estimate of drug-likeness (QED) is 0.549. The van der Waals surface area contributed by atoms with Crippen molar-refractivity contribution in [3.8, 4) is 0 Å². The second-order valence-corrected chi connectivity index (χ2v) is 10.2. The van der Waals surface area contributed by atoms with Crippen LogP contribution in [0.4, 0.5) is 0 Å². The van der Waals surface area contributed by atoms with Gasteiger partial charge in [-0.1, -0.05) is 32.3 Å². The number of hydrogen-bond donors (Lipinski definition) is 2. The Balaban J connectivity index is 1.77. The van der Waals surface area contributed by atoms with Gasteiger partial charge in [-0.15, -0.1) is 6.58 Å². The number of fused-ring (bicyclic) bond motifs is 1. The summed E-state index contributed by atoms with van der Waals surface area (Å²) >= 11 is 0. The Hall–Kier alpha value is -1.93. The largest absolute Gasteiger partial charge is 0.481 e. The van der Waals surface area contributed by atoms with Crippen LogP contribution in [0.5, 0.6) is 0 Å². The number of rotatable bonds is 8. The summed E-state index contributed by atoms with van der Waals surface area (Å²) in [5.41, 5.74) is -2.13. The molecule has 3 aliphatic heterocycles. The van der Waals surface area contributed by atoms with Crippen LogP contribution in [0, 0.1) is 17.8 Å². The second kappa shape index (κ2) is 8.45. The van der Waals surface area contributed by atoms with E-state index in [9.17, 15) is 24.6 Å². The molecule has 3 unspecified atom stereocenters. The van der Waals surface area contributed by atoms with Crippen LogP contribution < -0.4 is 0 Å². The lowest BCUT2D eigenvalue weighted by molar-refractivity contribution is -0.158. The zero-order valence-electron chi connectivity index (χ0n) is 19.2. The number of aliphatic carboxylic acids is 1. The van der Waals surface area contributed by atoms with E-state index in [0.29, 0.717) is 19.4 Å². The lowest BCUT2D eigenvalue weighted by atomic mass is 9.62. The summed E-state index contributed by atoms with van der Waals surface area (Å²) in [6, 6.07) is -0.788. The van der Waals surface area contributed by atoms with Crippen LogP contribution in [0.1, 0.15) is 58.8 Å². The van der Waals surface area contributed by atoms with Crippen LogP contribution in [-0.2, 0) is 19.1 Å². The van der Waals surface area contributed by atoms with E-state index in [-0.39, 0.29) is 36.9 Å². The first kappa shape index (κ1) is 23.2. The average molecular weight is 449 g/mol. The summed E-state index contributed by atoms with van der Waals surface area (Å²) in [6.45, 7) is 8.05. The van der Waals surface area contributed by atoms with Gasteiger partial charge in [0.25, 0.3) is 0 Å². The highest BCUT2D eigenvalue weighted by Gasteiger charge is 2.80. The first-order valence-corrected chi connectivity index (χ1v) is 12.0. The van der Waals surface area contributed by atoms with Gasteiger partial charge in [0.15, 0.2) is 0 Å². The van der Waals surface area contributed by atoms with E-state index in [2.05, 4.69) is 6.58 Å². The Bertz CT molecular complexity index is 795. The molecule has 8 nitrogen and oxygen atoms in total. The van der Waals surface area contributed by atoms with Gasteiger partial charge < -0.3 is 24.7 Å². The fourth-order valence-electron chi connectivity index (χ4n) is 6.98. The van der Waals surface area contributed by atoms with Crippen molar-refractivity contribution in [3.63, 3.8) is 0 Å². The van der Waals surface area contributed by atoms with Crippen molar-refractivity contribution in [3.05, 3.63) is 12.7 Å². The van der Waals surface area contributed by atoms with Gasteiger partial charge >= 0.3 is 5.97 Å². The zero-order valence-corrected chi connectivity index (χ0v) is 19.2. The lowest BCUT2D eigenvalue weighted by Crippen LogP contribution is -2.58. The highest BCUT2D eigenvalue weighted by molar-refractivity contribution is 5.98. The number of likely N-dealkylation sites (tertiary alicyclic amines) is 1. The standard InChI is InChI=1S/C24H36N2O6/c1-4-11-25(16-9-6-5-7-10-16)21(29)19-24-14-15(2)23(3,32-24)18(22(30)31)17(24)20(28)26(19)12-8-13-27/h4,15-19,27H,1,5-14H2,2-3H3,(H,30,31)/t15?,17-,18-,19?,23+,24?/m0/s1. The number of carboxylic acid groups (broad SMARTS) is 1. The topological polar surface area (TPSA) is 107 Å². The number of ether oxygens (including phenoxy) is 1. The molecule has 32 heavy (non-hydrogen) atoms. The third-order valence-corrected chi connectivity index (χ3v) is 8.50. The normalized spacial score (nSPS) is 38.7. The third-order valence-electron chi connectivity index (χ3n) is 8.50. The number of carboxylic acids is 1. The van der Waals surface area contributed by atoms with Gasteiger partial charge in [-0.05, 0) is 38.5 Å². The Labute approximate surface area is 189 Å². The van der Waals surface area contributed by atoms with Crippen LogP contribution >= 0.6 is 0 Å². The van der Waals surface area contributed by atoms with Crippen LogP contribution in [0.15, 0.2) is 12.7 Å². The molecule has 0 aromatic carbocycles. The fourth-order valence-corrected chi connectivity index (χ4v) is 6.98. The second-order valence-electron chi connectivity index (χ2n) is 10.2. The minimum absolute atomic E-state index is 0.0846. The third kappa shape index (κ3) is 3.21. The predicted molar refractivity (Wildman–Crippen MR) is 117 cm³/mol. The van der Waals surface area contributed by atoms with Crippen LogP contribution in [-0.4, -0.2) is 80.8 Å². The number of aliphatic hydroxyl groups excluding tert-OH is 1. The fraction of sp³-hybridized carbons (Fsp3) is 0.792. The summed E-state index contributed by atoms with van der Waals surface area (Å²) in [5, 5.41) is 19.5. The average Bonchev–Trinajstić information content (AvgIpc) is 3.27. The molecule has 2 amide bonds. The van der Waals surface area contributed by atoms with Crippen molar-refractivity contribution in [2.24, 2.45) is 17.8 Å². The van der Waals surface area contributed by atoms with Gasteiger partial charge in [0, 0.05) is 25.7 Å². The van der Waals surface area contributed by atoms with Gasteiger partial charge in [0.1, 0.15) is 17.6 Å². The summed E-state index contributed by atoms with van der Waals surface area (Å²) in [7, 11) is 0. The molecule has 3 saturated heterocycles. The van der Waals surface area contributed by atoms with Crippen molar-refractivity contribution in [1.29, 1.82) is 0 Å². The van der Waals surface area contributed by atoms with Gasteiger partial charge in [-0.3, -0.25) is 14.4 Å². The molecule has 2 bridgehead atoms. The molecule has 1 aliphatic carbocycles. The number of nitrogens with zero attached hydrogens (tertiary/aromatic N) is 2. The van der Waals surface area contributed by atoms with Crippen molar-refractivity contribution in [2.75, 3.05) is 19.7 Å². The Morgan fingerprint density at radius 3 is 2.59 bits per heavy atom. The molecule has 6 atom stereocenters. The van der Waals surface area contributed by atoms with Crippen LogP contribution in [0.3, 0.4) is 0 Å². The maximum absolute atomic E-state index is 14.2. The molecule has 1 spiro atoms. The highest BCUT2D eigenvalue weighted by Crippen LogP contribution is 2.65. The van der Waals surface area contributed by atoms with E-state index in [4.69, 9.17) is 4.74 Å². The van der Waals surface area contributed by atoms with E-state index in [1.807, 2.05) is 11.8 Å². The zero-order chi connectivity index (χ0) is 23.3. The number of hydrogen-bond acceptors (Lipinski definition) is 5.